The van der Waals surface area contributed by atoms with Gasteiger partial charge in [0.05, 0.1) is 0 Å². The van der Waals surface area contributed by atoms with Crippen LogP contribution < -0.4 is 16.8 Å². The van der Waals surface area contributed by atoms with Crippen LogP contribution in [-0.4, -0.2) is 16.4 Å². The highest BCUT2D eigenvalue weighted by atomic mass is 16.1. The summed E-state index contributed by atoms with van der Waals surface area (Å²) in [4.78, 5) is 15.0. The summed E-state index contributed by atoms with van der Waals surface area (Å²) in [7, 11) is 0. The Morgan fingerprint density at radius 2 is 2.21 bits per heavy atom. The van der Waals surface area contributed by atoms with E-state index in [-0.39, 0.29) is 0 Å². The van der Waals surface area contributed by atoms with Crippen molar-refractivity contribution in [3.05, 3.63) is 18.3 Å². The first-order chi connectivity index (χ1) is 6.42. The Bertz CT molecular complexity index is 348. The SMILES string of the molecule is CC(C)(Nc1cc(N)ccn1)C(N)=O. The molecule has 0 fully saturated rings. The van der Waals surface area contributed by atoms with Gasteiger partial charge in [-0.3, -0.25) is 4.79 Å². The van der Waals surface area contributed by atoms with Gasteiger partial charge in [0, 0.05) is 18.0 Å². The maximum Gasteiger partial charge on any atom is 0.242 e. The molecule has 0 atom stereocenters. The zero-order valence-electron chi connectivity index (χ0n) is 8.24. The van der Waals surface area contributed by atoms with Gasteiger partial charge >= 0.3 is 0 Å². The second-order valence-electron chi connectivity index (χ2n) is 3.59. The van der Waals surface area contributed by atoms with Crippen LogP contribution in [0.3, 0.4) is 0 Å². The molecule has 0 spiro atoms. The number of pyridine rings is 1. The van der Waals surface area contributed by atoms with E-state index in [1.54, 1.807) is 32.2 Å². The molecule has 1 aromatic heterocycles. The standard InChI is InChI=1S/C9H14N4O/c1-9(2,8(11)14)13-7-5-6(10)3-4-12-7/h3-5H,1-2H3,(H2,11,14)(H3,10,12,13). The van der Waals surface area contributed by atoms with Crippen molar-refractivity contribution < 1.29 is 4.79 Å². The van der Waals surface area contributed by atoms with Crippen LogP contribution in [0.5, 0.6) is 0 Å². The summed E-state index contributed by atoms with van der Waals surface area (Å²) in [5.41, 5.74) is 10.5. The van der Waals surface area contributed by atoms with Crippen LogP contribution in [0.1, 0.15) is 13.8 Å². The number of carbonyl (C=O) groups is 1. The summed E-state index contributed by atoms with van der Waals surface area (Å²) in [5.74, 6) is 0.0931. The van der Waals surface area contributed by atoms with Crippen LogP contribution in [0.2, 0.25) is 0 Å². The van der Waals surface area contributed by atoms with Crippen molar-refractivity contribution in [2.24, 2.45) is 5.73 Å². The Hall–Kier alpha value is -1.78. The minimum atomic E-state index is -0.833. The molecule has 1 aromatic rings. The normalized spacial score (nSPS) is 11.0. The average Bonchev–Trinajstić information content (AvgIpc) is 2.02. The zero-order valence-corrected chi connectivity index (χ0v) is 8.24. The highest BCUT2D eigenvalue weighted by Gasteiger charge is 2.24. The Morgan fingerprint density at radius 1 is 1.57 bits per heavy atom. The predicted octanol–water partition coefficient (Wildman–Crippen LogP) is 0.340. The van der Waals surface area contributed by atoms with Crippen LogP contribution in [0, 0.1) is 0 Å². The molecular formula is C9H14N4O. The molecule has 0 aliphatic carbocycles. The number of hydrogen-bond acceptors (Lipinski definition) is 4. The second kappa shape index (κ2) is 3.53. The summed E-state index contributed by atoms with van der Waals surface area (Å²) in [6.45, 7) is 3.36. The van der Waals surface area contributed by atoms with Gasteiger partial charge in [-0.25, -0.2) is 4.98 Å². The number of anilines is 2. The number of carbonyl (C=O) groups excluding carboxylic acids is 1. The summed E-state index contributed by atoms with van der Waals surface area (Å²) >= 11 is 0. The van der Waals surface area contributed by atoms with Gasteiger partial charge in [-0.2, -0.15) is 0 Å². The monoisotopic (exact) mass is 194 g/mol. The number of aromatic nitrogens is 1. The first-order valence-corrected chi connectivity index (χ1v) is 4.21. The lowest BCUT2D eigenvalue weighted by Gasteiger charge is -2.22. The lowest BCUT2D eigenvalue weighted by Crippen LogP contribution is -2.45. The summed E-state index contributed by atoms with van der Waals surface area (Å²) < 4.78 is 0. The summed E-state index contributed by atoms with van der Waals surface area (Å²) in [6, 6.07) is 3.31. The van der Waals surface area contributed by atoms with Crippen LogP contribution in [0.15, 0.2) is 18.3 Å². The van der Waals surface area contributed by atoms with E-state index in [1.165, 1.54) is 0 Å². The lowest BCUT2D eigenvalue weighted by molar-refractivity contribution is -0.121. The molecule has 14 heavy (non-hydrogen) atoms. The molecule has 76 valence electrons. The van der Waals surface area contributed by atoms with E-state index in [2.05, 4.69) is 10.3 Å². The average molecular weight is 194 g/mol. The molecule has 1 rings (SSSR count). The van der Waals surface area contributed by atoms with Gasteiger partial charge in [0.25, 0.3) is 0 Å². The molecular weight excluding hydrogens is 180 g/mol. The highest BCUT2D eigenvalue weighted by Crippen LogP contribution is 2.14. The fraction of sp³-hybridized carbons (Fsp3) is 0.333. The first-order valence-electron chi connectivity index (χ1n) is 4.21. The Morgan fingerprint density at radius 3 is 2.71 bits per heavy atom. The van der Waals surface area contributed by atoms with Crippen LogP contribution in [0.25, 0.3) is 0 Å². The van der Waals surface area contributed by atoms with E-state index in [0.29, 0.717) is 11.5 Å². The molecule has 0 aliphatic rings. The van der Waals surface area contributed by atoms with Crippen molar-refractivity contribution in [2.75, 3.05) is 11.1 Å². The summed E-state index contributed by atoms with van der Waals surface area (Å²) in [6.07, 6.45) is 1.56. The molecule has 5 heteroatoms. The van der Waals surface area contributed by atoms with Crippen molar-refractivity contribution in [3.63, 3.8) is 0 Å². The predicted molar refractivity (Wildman–Crippen MR) is 55.5 cm³/mol. The number of nitrogens with one attached hydrogen (secondary N) is 1. The fourth-order valence-corrected chi connectivity index (χ4v) is 0.897. The van der Waals surface area contributed by atoms with Crippen LogP contribution >= 0.6 is 0 Å². The lowest BCUT2D eigenvalue weighted by atomic mass is 10.1. The van der Waals surface area contributed by atoms with E-state index in [4.69, 9.17) is 11.5 Å². The number of nitrogen functional groups attached to an aromatic ring is 1. The molecule has 0 unspecified atom stereocenters. The van der Waals surface area contributed by atoms with Crippen molar-refractivity contribution in [3.8, 4) is 0 Å². The quantitative estimate of drug-likeness (QED) is 0.646. The third-order valence-corrected chi connectivity index (χ3v) is 1.84. The van der Waals surface area contributed by atoms with Crippen molar-refractivity contribution in [2.45, 2.75) is 19.4 Å². The largest absolute Gasteiger partial charge is 0.399 e. The zero-order chi connectivity index (χ0) is 10.8. The van der Waals surface area contributed by atoms with Gasteiger partial charge in [-0.05, 0) is 19.9 Å². The van der Waals surface area contributed by atoms with Gasteiger partial charge in [0.15, 0.2) is 0 Å². The molecule has 0 saturated heterocycles. The number of rotatable bonds is 3. The fourth-order valence-electron chi connectivity index (χ4n) is 0.897. The third-order valence-electron chi connectivity index (χ3n) is 1.84. The van der Waals surface area contributed by atoms with Gasteiger partial charge in [0.1, 0.15) is 11.4 Å². The minimum Gasteiger partial charge on any atom is -0.399 e. The van der Waals surface area contributed by atoms with E-state index >= 15 is 0 Å². The number of hydrogen-bond donors (Lipinski definition) is 3. The van der Waals surface area contributed by atoms with Crippen molar-refractivity contribution >= 4 is 17.4 Å². The number of primary amides is 1. The van der Waals surface area contributed by atoms with Gasteiger partial charge in [0.2, 0.25) is 5.91 Å². The highest BCUT2D eigenvalue weighted by molar-refractivity contribution is 5.86. The topological polar surface area (TPSA) is 94.0 Å². The molecule has 0 radical (unpaired) electrons. The minimum absolute atomic E-state index is 0.443. The molecule has 1 heterocycles. The van der Waals surface area contributed by atoms with Gasteiger partial charge in [-0.1, -0.05) is 0 Å². The van der Waals surface area contributed by atoms with E-state index < -0.39 is 11.4 Å². The van der Waals surface area contributed by atoms with Crippen molar-refractivity contribution in [1.29, 1.82) is 0 Å². The Labute approximate surface area is 82.5 Å². The van der Waals surface area contributed by atoms with Gasteiger partial charge < -0.3 is 16.8 Å². The second-order valence-corrected chi connectivity index (χ2v) is 3.59. The van der Waals surface area contributed by atoms with Crippen LogP contribution in [-0.2, 0) is 4.79 Å². The van der Waals surface area contributed by atoms with E-state index in [1.807, 2.05) is 0 Å². The molecule has 5 nitrogen and oxygen atoms in total. The summed E-state index contributed by atoms with van der Waals surface area (Å²) in [5, 5.41) is 2.89. The molecule has 0 aliphatic heterocycles. The number of nitrogens with two attached hydrogens (primary N) is 2. The molecule has 0 aromatic carbocycles. The van der Waals surface area contributed by atoms with E-state index in [0.717, 1.165) is 0 Å². The first kappa shape index (κ1) is 10.3. The Balaban J connectivity index is 2.83. The maximum atomic E-state index is 11.0. The number of amides is 1. The number of nitrogens with zero attached hydrogens (tertiary/aromatic N) is 1. The molecule has 0 saturated carbocycles. The smallest absolute Gasteiger partial charge is 0.242 e. The van der Waals surface area contributed by atoms with E-state index in [9.17, 15) is 4.79 Å². The molecule has 5 N–H and O–H groups in total. The van der Waals surface area contributed by atoms with Crippen molar-refractivity contribution in [1.82, 2.24) is 4.98 Å². The van der Waals surface area contributed by atoms with Crippen LogP contribution in [0.4, 0.5) is 11.5 Å². The molecule has 1 amide bonds. The maximum absolute atomic E-state index is 11.0. The van der Waals surface area contributed by atoms with Gasteiger partial charge in [-0.15, -0.1) is 0 Å². The Kier molecular flexibility index (Phi) is 2.60. The third kappa shape index (κ3) is 2.35. The molecule has 0 bridgehead atoms.